The van der Waals surface area contributed by atoms with Crippen molar-refractivity contribution in [3.63, 3.8) is 0 Å². The Balaban J connectivity index is 1.96. The second-order valence-electron chi connectivity index (χ2n) is 6.18. The lowest BCUT2D eigenvalue weighted by atomic mass is 10.1. The molecule has 0 unspecified atom stereocenters. The molecule has 2 heterocycles. The van der Waals surface area contributed by atoms with Crippen LogP contribution in [0.3, 0.4) is 0 Å². The van der Waals surface area contributed by atoms with Crippen molar-refractivity contribution in [2.45, 2.75) is 50.9 Å². The van der Waals surface area contributed by atoms with Gasteiger partial charge in [0.15, 0.2) is 5.82 Å². The van der Waals surface area contributed by atoms with E-state index < -0.39 is 11.9 Å². The smallest absolute Gasteiger partial charge is 0.339 e. The van der Waals surface area contributed by atoms with Crippen LogP contribution < -0.4 is 4.90 Å². The summed E-state index contributed by atoms with van der Waals surface area (Å²) in [5, 5.41) is 17.8. The fourth-order valence-electron chi connectivity index (χ4n) is 3.02. The second kappa shape index (κ2) is 5.44. The quantitative estimate of drug-likeness (QED) is 0.929. The Bertz CT molecular complexity index is 603. The molecule has 7 heteroatoms. The number of aromatic carboxylic acids is 1. The molecular formula is C15H19F2N3O2. The van der Waals surface area contributed by atoms with E-state index in [1.54, 1.807) is 11.8 Å². The third-order valence-corrected chi connectivity index (χ3v) is 4.43. The first-order valence-electron chi connectivity index (χ1n) is 7.62. The summed E-state index contributed by atoms with van der Waals surface area (Å²) in [4.78, 5) is 13.3. The number of aromatic nitrogens is 2. The summed E-state index contributed by atoms with van der Waals surface area (Å²) >= 11 is 0. The average Bonchev–Trinajstić information content (AvgIpc) is 3.26. The number of anilines is 1. The number of carboxylic acid groups (broad SMARTS) is 1. The first-order chi connectivity index (χ1) is 10.4. The van der Waals surface area contributed by atoms with Gasteiger partial charge in [0.25, 0.3) is 0 Å². The highest BCUT2D eigenvalue weighted by atomic mass is 19.3. The summed E-state index contributed by atoms with van der Waals surface area (Å²) in [6.07, 6.45) is 1.88. The van der Waals surface area contributed by atoms with E-state index in [0.29, 0.717) is 24.4 Å². The minimum Gasteiger partial charge on any atom is -0.478 e. The van der Waals surface area contributed by atoms with E-state index in [-0.39, 0.29) is 30.8 Å². The SMILES string of the molecule is Cc1c(C2CC2)nnc(N2CCCC(F)(F)CC2)c1C(=O)O. The van der Waals surface area contributed by atoms with Crippen molar-refractivity contribution in [2.24, 2.45) is 0 Å². The summed E-state index contributed by atoms with van der Waals surface area (Å²) in [5.74, 6) is -3.23. The maximum atomic E-state index is 13.5. The van der Waals surface area contributed by atoms with E-state index in [4.69, 9.17) is 0 Å². The number of hydrogen-bond acceptors (Lipinski definition) is 4. The molecule has 2 aliphatic rings. The van der Waals surface area contributed by atoms with Crippen molar-refractivity contribution < 1.29 is 18.7 Å². The maximum absolute atomic E-state index is 13.5. The summed E-state index contributed by atoms with van der Waals surface area (Å²) in [5.41, 5.74) is 1.47. The minimum atomic E-state index is -2.69. The third-order valence-electron chi connectivity index (χ3n) is 4.43. The molecule has 0 bridgehead atoms. The highest BCUT2D eigenvalue weighted by Gasteiger charge is 2.35. The number of carboxylic acids is 1. The molecule has 0 amide bonds. The van der Waals surface area contributed by atoms with Crippen LogP contribution in [0.1, 0.15) is 59.6 Å². The number of rotatable bonds is 3. The first kappa shape index (κ1) is 15.1. The molecule has 0 aromatic carbocycles. The maximum Gasteiger partial charge on any atom is 0.339 e. The molecule has 1 aromatic rings. The van der Waals surface area contributed by atoms with Gasteiger partial charge in [-0.05, 0) is 31.7 Å². The molecule has 120 valence electrons. The second-order valence-corrected chi connectivity index (χ2v) is 6.18. The zero-order chi connectivity index (χ0) is 15.9. The van der Waals surface area contributed by atoms with E-state index in [1.165, 1.54) is 0 Å². The van der Waals surface area contributed by atoms with Gasteiger partial charge in [0, 0.05) is 31.8 Å². The van der Waals surface area contributed by atoms with Crippen LogP contribution >= 0.6 is 0 Å². The van der Waals surface area contributed by atoms with E-state index in [9.17, 15) is 18.7 Å². The molecule has 1 saturated carbocycles. The van der Waals surface area contributed by atoms with Crippen LogP contribution in [-0.2, 0) is 0 Å². The van der Waals surface area contributed by atoms with Gasteiger partial charge < -0.3 is 10.0 Å². The van der Waals surface area contributed by atoms with Crippen molar-refractivity contribution in [2.75, 3.05) is 18.0 Å². The number of halogens is 2. The van der Waals surface area contributed by atoms with Gasteiger partial charge in [-0.2, -0.15) is 5.10 Å². The standard InChI is InChI=1S/C15H19F2N3O2/c1-9-11(14(21)22)13(19-18-12(9)10-3-4-10)20-7-2-5-15(16,17)6-8-20/h10H,2-8H2,1H3,(H,21,22). The normalized spacial score (nSPS) is 21.5. The molecule has 1 N–H and O–H groups in total. The van der Waals surface area contributed by atoms with Crippen LogP contribution in [0.2, 0.25) is 0 Å². The zero-order valence-corrected chi connectivity index (χ0v) is 12.5. The van der Waals surface area contributed by atoms with Crippen LogP contribution in [0.15, 0.2) is 0 Å². The van der Waals surface area contributed by atoms with Gasteiger partial charge in [-0.3, -0.25) is 0 Å². The van der Waals surface area contributed by atoms with Crippen LogP contribution in [0.25, 0.3) is 0 Å². The number of nitrogens with zero attached hydrogens (tertiary/aromatic N) is 3. The van der Waals surface area contributed by atoms with Gasteiger partial charge in [0.1, 0.15) is 5.56 Å². The predicted octanol–water partition coefficient (Wildman–Crippen LogP) is 2.99. The molecule has 1 saturated heterocycles. The molecule has 0 atom stereocenters. The van der Waals surface area contributed by atoms with Crippen molar-refractivity contribution >= 4 is 11.8 Å². The summed E-state index contributed by atoms with van der Waals surface area (Å²) in [6, 6.07) is 0. The fourth-order valence-corrected chi connectivity index (χ4v) is 3.02. The summed E-state index contributed by atoms with van der Waals surface area (Å²) in [7, 11) is 0. The summed E-state index contributed by atoms with van der Waals surface area (Å²) in [6.45, 7) is 2.22. The molecule has 3 rings (SSSR count). The predicted molar refractivity (Wildman–Crippen MR) is 76.7 cm³/mol. The molecule has 0 spiro atoms. The van der Waals surface area contributed by atoms with Gasteiger partial charge in [-0.15, -0.1) is 5.10 Å². The van der Waals surface area contributed by atoms with E-state index >= 15 is 0 Å². The molecule has 0 radical (unpaired) electrons. The van der Waals surface area contributed by atoms with Gasteiger partial charge >= 0.3 is 5.97 Å². The van der Waals surface area contributed by atoms with E-state index in [1.807, 2.05) is 0 Å². The summed E-state index contributed by atoms with van der Waals surface area (Å²) < 4.78 is 27.0. The van der Waals surface area contributed by atoms with Crippen molar-refractivity contribution in [3.8, 4) is 0 Å². The Hall–Kier alpha value is -1.79. The van der Waals surface area contributed by atoms with Crippen molar-refractivity contribution in [3.05, 3.63) is 16.8 Å². The fraction of sp³-hybridized carbons (Fsp3) is 0.667. The van der Waals surface area contributed by atoms with Gasteiger partial charge in [-0.1, -0.05) is 0 Å². The van der Waals surface area contributed by atoms with E-state index in [2.05, 4.69) is 10.2 Å². The molecule has 22 heavy (non-hydrogen) atoms. The number of alkyl halides is 2. The molecule has 1 aliphatic carbocycles. The van der Waals surface area contributed by atoms with Crippen molar-refractivity contribution in [1.29, 1.82) is 0 Å². The van der Waals surface area contributed by atoms with Crippen LogP contribution in [0, 0.1) is 6.92 Å². The Morgan fingerprint density at radius 1 is 1.27 bits per heavy atom. The molecule has 5 nitrogen and oxygen atoms in total. The van der Waals surface area contributed by atoms with Crippen LogP contribution in [-0.4, -0.2) is 40.3 Å². The van der Waals surface area contributed by atoms with Gasteiger partial charge in [0.05, 0.1) is 5.69 Å². The third kappa shape index (κ3) is 2.89. The zero-order valence-electron chi connectivity index (χ0n) is 12.5. The average molecular weight is 311 g/mol. The molecule has 1 aromatic heterocycles. The lowest BCUT2D eigenvalue weighted by Gasteiger charge is -2.24. The lowest BCUT2D eigenvalue weighted by molar-refractivity contribution is -0.0102. The molecular weight excluding hydrogens is 292 g/mol. The largest absolute Gasteiger partial charge is 0.478 e. The highest BCUT2D eigenvalue weighted by Crippen LogP contribution is 2.42. The Labute approximate surface area is 127 Å². The Morgan fingerprint density at radius 3 is 2.64 bits per heavy atom. The Kier molecular flexibility index (Phi) is 3.74. The van der Waals surface area contributed by atoms with Crippen LogP contribution in [0.4, 0.5) is 14.6 Å². The van der Waals surface area contributed by atoms with Gasteiger partial charge in [0.2, 0.25) is 5.92 Å². The van der Waals surface area contributed by atoms with Gasteiger partial charge in [-0.25, -0.2) is 13.6 Å². The highest BCUT2D eigenvalue weighted by molar-refractivity contribution is 5.95. The Morgan fingerprint density at radius 2 is 2.00 bits per heavy atom. The molecule has 2 fully saturated rings. The number of hydrogen-bond donors (Lipinski definition) is 1. The number of carbonyl (C=O) groups is 1. The lowest BCUT2D eigenvalue weighted by Crippen LogP contribution is -2.29. The van der Waals surface area contributed by atoms with E-state index in [0.717, 1.165) is 18.5 Å². The molecule has 1 aliphatic heterocycles. The van der Waals surface area contributed by atoms with Crippen molar-refractivity contribution in [1.82, 2.24) is 10.2 Å². The topological polar surface area (TPSA) is 66.3 Å². The first-order valence-corrected chi connectivity index (χ1v) is 7.62. The minimum absolute atomic E-state index is 0.101. The monoisotopic (exact) mass is 311 g/mol. The van der Waals surface area contributed by atoms with Crippen LogP contribution in [0.5, 0.6) is 0 Å².